The van der Waals surface area contributed by atoms with Crippen LogP contribution in [-0.4, -0.2) is 16.7 Å². The third-order valence-corrected chi connectivity index (χ3v) is 2.38. The number of carboxylic acid groups (broad SMARTS) is 1. The number of H-pyrrole nitrogens is 1. The zero-order chi connectivity index (χ0) is 12.4. The van der Waals surface area contributed by atoms with Gasteiger partial charge in [-0.15, -0.1) is 0 Å². The fraction of sp³-hybridized carbons (Fsp3) is 0. The predicted molar refractivity (Wildman–Crippen MR) is 59.9 cm³/mol. The van der Waals surface area contributed by atoms with E-state index in [1.807, 2.05) is 12.1 Å². The SMILES string of the molecule is N/C(=C\C(=O)c1c[nH]c2ccccc12)C(=O)[O-]. The molecule has 2 rings (SSSR count). The van der Waals surface area contributed by atoms with Gasteiger partial charge in [-0.05, 0) is 6.07 Å². The van der Waals surface area contributed by atoms with Crippen molar-refractivity contribution < 1.29 is 14.7 Å². The van der Waals surface area contributed by atoms with Crippen LogP contribution in [0, 0.1) is 0 Å². The molecule has 0 aliphatic carbocycles. The minimum absolute atomic E-state index is 0.379. The molecule has 5 nitrogen and oxygen atoms in total. The number of rotatable bonds is 3. The number of aromatic amines is 1. The lowest BCUT2D eigenvalue weighted by molar-refractivity contribution is -0.299. The molecule has 0 atom stereocenters. The monoisotopic (exact) mass is 229 g/mol. The highest BCUT2D eigenvalue weighted by molar-refractivity contribution is 6.15. The number of fused-ring (bicyclic) bond motifs is 1. The number of nitrogens with one attached hydrogen (secondary N) is 1. The Hall–Kier alpha value is -2.56. The van der Waals surface area contributed by atoms with E-state index < -0.39 is 17.4 Å². The molecule has 0 bridgehead atoms. The Morgan fingerprint density at radius 3 is 2.71 bits per heavy atom. The van der Waals surface area contributed by atoms with E-state index in [4.69, 9.17) is 5.73 Å². The Bertz CT molecular complexity index is 625. The van der Waals surface area contributed by atoms with Crippen LogP contribution < -0.4 is 10.8 Å². The van der Waals surface area contributed by atoms with Crippen molar-refractivity contribution in [3.8, 4) is 0 Å². The third kappa shape index (κ3) is 2.03. The lowest BCUT2D eigenvalue weighted by Crippen LogP contribution is -2.29. The predicted octanol–water partition coefficient (Wildman–Crippen LogP) is -0.0569. The quantitative estimate of drug-likeness (QED) is 0.569. The maximum absolute atomic E-state index is 11.8. The lowest BCUT2D eigenvalue weighted by atomic mass is 10.1. The number of carbonyl (C=O) groups is 2. The first kappa shape index (κ1) is 10.9. The van der Waals surface area contributed by atoms with E-state index in [1.165, 1.54) is 6.20 Å². The molecule has 86 valence electrons. The number of hydrogen-bond donors (Lipinski definition) is 2. The van der Waals surface area contributed by atoms with Crippen molar-refractivity contribution in [1.29, 1.82) is 0 Å². The number of ketones is 1. The van der Waals surface area contributed by atoms with Crippen LogP contribution in [-0.2, 0) is 4.79 Å². The van der Waals surface area contributed by atoms with E-state index in [2.05, 4.69) is 4.98 Å². The number of carbonyl (C=O) groups excluding carboxylic acids is 2. The van der Waals surface area contributed by atoms with Crippen LogP contribution in [0.1, 0.15) is 10.4 Å². The van der Waals surface area contributed by atoms with Gasteiger partial charge in [-0.1, -0.05) is 18.2 Å². The van der Waals surface area contributed by atoms with Gasteiger partial charge in [0.15, 0.2) is 5.78 Å². The summed E-state index contributed by atoms with van der Waals surface area (Å²) < 4.78 is 0. The minimum Gasteiger partial charge on any atom is -0.543 e. The van der Waals surface area contributed by atoms with Gasteiger partial charge in [0.1, 0.15) is 0 Å². The second kappa shape index (κ2) is 4.13. The van der Waals surface area contributed by atoms with Gasteiger partial charge in [-0.3, -0.25) is 4.79 Å². The number of aromatic nitrogens is 1. The summed E-state index contributed by atoms with van der Waals surface area (Å²) in [6, 6.07) is 7.21. The number of nitrogens with two attached hydrogens (primary N) is 1. The smallest absolute Gasteiger partial charge is 0.190 e. The summed E-state index contributed by atoms with van der Waals surface area (Å²) in [6.07, 6.45) is 2.37. The molecule has 1 aromatic carbocycles. The first-order valence-electron chi connectivity index (χ1n) is 4.88. The standard InChI is InChI=1S/C12H10N2O3/c13-9(12(16)17)5-11(15)8-6-14-10-4-2-1-3-7(8)10/h1-6,14H,13H2,(H,16,17)/p-1/b9-5-. The molecule has 0 saturated heterocycles. The van der Waals surface area contributed by atoms with Crippen molar-refractivity contribution in [2.45, 2.75) is 0 Å². The molecule has 0 amide bonds. The topological polar surface area (TPSA) is 99.0 Å². The number of para-hydroxylation sites is 1. The summed E-state index contributed by atoms with van der Waals surface area (Å²) in [4.78, 5) is 25.1. The molecule has 17 heavy (non-hydrogen) atoms. The number of carboxylic acids is 1. The fourth-order valence-corrected chi connectivity index (χ4v) is 1.55. The van der Waals surface area contributed by atoms with Crippen molar-refractivity contribution in [1.82, 2.24) is 4.98 Å². The summed E-state index contributed by atoms with van der Waals surface area (Å²) in [7, 11) is 0. The summed E-state index contributed by atoms with van der Waals surface area (Å²) in [6.45, 7) is 0. The van der Waals surface area contributed by atoms with Gasteiger partial charge in [0.25, 0.3) is 0 Å². The van der Waals surface area contributed by atoms with E-state index in [-0.39, 0.29) is 0 Å². The molecule has 5 heteroatoms. The second-order valence-corrected chi connectivity index (χ2v) is 3.50. The number of benzene rings is 1. The van der Waals surface area contributed by atoms with Gasteiger partial charge in [0, 0.05) is 28.7 Å². The van der Waals surface area contributed by atoms with E-state index in [0.29, 0.717) is 5.56 Å². The highest BCUT2D eigenvalue weighted by atomic mass is 16.4. The zero-order valence-corrected chi connectivity index (χ0v) is 8.77. The van der Waals surface area contributed by atoms with Crippen LogP contribution in [0.5, 0.6) is 0 Å². The number of allylic oxidation sites excluding steroid dienone is 1. The molecule has 1 aromatic heterocycles. The van der Waals surface area contributed by atoms with Gasteiger partial charge in [0.2, 0.25) is 0 Å². The molecule has 0 radical (unpaired) electrons. The summed E-state index contributed by atoms with van der Waals surface area (Å²) in [5.74, 6) is -2.03. The Kier molecular flexibility index (Phi) is 2.66. The van der Waals surface area contributed by atoms with Gasteiger partial charge in [-0.25, -0.2) is 0 Å². The van der Waals surface area contributed by atoms with E-state index in [0.717, 1.165) is 17.0 Å². The van der Waals surface area contributed by atoms with Gasteiger partial charge in [0.05, 0.1) is 11.7 Å². The zero-order valence-electron chi connectivity index (χ0n) is 8.77. The largest absolute Gasteiger partial charge is 0.543 e. The molecule has 1 heterocycles. The minimum atomic E-state index is -1.56. The van der Waals surface area contributed by atoms with Crippen molar-refractivity contribution >= 4 is 22.7 Å². The molecule has 0 fully saturated rings. The third-order valence-electron chi connectivity index (χ3n) is 2.38. The van der Waals surface area contributed by atoms with Gasteiger partial charge >= 0.3 is 0 Å². The maximum atomic E-state index is 11.8. The first-order valence-corrected chi connectivity index (χ1v) is 4.88. The second-order valence-electron chi connectivity index (χ2n) is 3.50. The average Bonchev–Trinajstić information content (AvgIpc) is 2.72. The lowest BCUT2D eigenvalue weighted by Gasteiger charge is -2.00. The number of aliphatic carboxylic acids is 1. The Morgan fingerprint density at radius 2 is 2.00 bits per heavy atom. The molecule has 0 unspecified atom stereocenters. The van der Waals surface area contributed by atoms with Crippen molar-refractivity contribution in [3.05, 3.63) is 47.8 Å². The first-order chi connectivity index (χ1) is 8.09. The van der Waals surface area contributed by atoms with Crippen LogP contribution >= 0.6 is 0 Å². The summed E-state index contributed by atoms with van der Waals surface area (Å²) in [5, 5.41) is 11.1. The molecule has 0 aliphatic rings. The van der Waals surface area contributed by atoms with Crippen LogP contribution in [0.4, 0.5) is 0 Å². The fourth-order valence-electron chi connectivity index (χ4n) is 1.55. The summed E-state index contributed by atoms with van der Waals surface area (Å²) >= 11 is 0. The Morgan fingerprint density at radius 1 is 1.29 bits per heavy atom. The van der Waals surface area contributed by atoms with Crippen molar-refractivity contribution in [2.75, 3.05) is 0 Å². The maximum Gasteiger partial charge on any atom is 0.190 e. The normalized spacial score (nSPS) is 11.6. The molecule has 2 aromatic rings. The molecule has 3 N–H and O–H groups in total. The van der Waals surface area contributed by atoms with E-state index in [9.17, 15) is 14.7 Å². The summed E-state index contributed by atoms with van der Waals surface area (Å²) in [5.41, 5.74) is 5.73. The van der Waals surface area contributed by atoms with E-state index >= 15 is 0 Å². The van der Waals surface area contributed by atoms with Crippen molar-refractivity contribution in [3.63, 3.8) is 0 Å². The van der Waals surface area contributed by atoms with Crippen LogP contribution in [0.3, 0.4) is 0 Å². The Labute approximate surface area is 96.5 Å². The molecule has 0 aliphatic heterocycles. The highest BCUT2D eigenvalue weighted by Crippen LogP contribution is 2.18. The van der Waals surface area contributed by atoms with Crippen LogP contribution in [0.25, 0.3) is 10.9 Å². The molecule has 0 saturated carbocycles. The number of hydrogen-bond acceptors (Lipinski definition) is 4. The highest BCUT2D eigenvalue weighted by Gasteiger charge is 2.09. The average molecular weight is 229 g/mol. The van der Waals surface area contributed by atoms with Gasteiger partial charge < -0.3 is 20.6 Å². The molecular formula is C12H9N2O3-. The Balaban J connectivity index is 2.44. The molecule has 0 spiro atoms. The van der Waals surface area contributed by atoms with Crippen molar-refractivity contribution in [2.24, 2.45) is 5.73 Å². The van der Waals surface area contributed by atoms with Gasteiger partial charge in [-0.2, -0.15) is 0 Å². The molecular weight excluding hydrogens is 220 g/mol. The van der Waals surface area contributed by atoms with Crippen LogP contribution in [0.15, 0.2) is 42.2 Å². The van der Waals surface area contributed by atoms with E-state index in [1.54, 1.807) is 12.1 Å². The van der Waals surface area contributed by atoms with Crippen LogP contribution in [0.2, 0.25) is 0 Å².